The number of nitrogens with zero attached hydrogens (tertiary/aromatic N) is 2. The van der Waals surface area contributed by atoms with Crippen LogP contribution in [-0.4, -0.2) is 40.2 Å². The number of likely N-dealkylation sites (tertiary alicyclic amines) is 1. The zero-order valence-electron chi connectivity index (χ0n) is 10.2. The van der Waals surface area contributed by atoms with Crippen LogP contribution in [0.25, 0.3) is 0 Å². The van der Waals surface area contributed by atoms with Crippen molar-refractivity contribution in [2.75, 3.05) is 18.4 Å². The van der Waals surface area contributed by atoms with E-state index < -0.39 is 0 Å². The average Bonchev–Trinajstić information content (AvgIpc) is 2.94. The second kappa shape index (κ2) is 4.85. The van der Waals surface area contributed by atoms with Gasteiger partial charge in [-0.3, -0.25) is 5.32 Å². The van der Waals surface area contributed by atoms with E-state index in [1.54, 1.807) is 16.2 Å². The van der Waals surface area contributed by atoms with Crippen LogP contribution >= 0.6 is 11.3 Å². The zero-order valence-corrected chi connectivity index (χ0v) is 11.0. The van der Waals surface area contributed by atoms with Gasteiger partial charge in [-0.1, -0.05) is 0 Å². The quantitative estimate of drug-likeness (QED) is 0.812. The number of β-amino-alcohol motifs (C(OH)–C–C–N with tert-alkyl or cyclic N) is 1. The molecule has 0 aromatic carbocycles. The maximum Gasteiger partial charge on any atom is 0.323 e. The topological polar surface area (TPSA) is 65.5 Å². The van der Waals surface area contributed by atoms with Gasteiger partial charge in [-0.2, -0.15) is 0 Å². The molecule has 2 aliphatic rings. The largest absolute Gasteiger partial charge is 0.391 e. The molecule has 1 atom stereocenters. The summed E-state index contributed by atoms with van der Waals surface area (Å²) in [7, 11) is 0. The molecule has 18 heavy (non-hydrogen) atoms. The lowest BCUT2D eigenvalue weighted by Gasteiger charge is -2.14. The Bertz CT molecular complexity index is 437. The molecule has 1 aromatic heterocycles. The van der Waals surface area contributed by atoms with E-state index in [9.17, 15) is 9.90 Å². The molecule has 2 N–H and O–H groups in total. The number of anilines is 1. The third-order valence-electron chi connectivity index (χ3n) is 3.51. The second-order valence-corrected chi connectivity index (χ2v) is 6.00. The standard InChI is InChI=1S/C12H17N3O2S/c16-8-5-6-15(7-8)12(17)14-11-13-9-3-1-2-4-10(9)18-11/h8,16H,1-7H2,(H,13,14,17). The van der Waals surface area contributed by atoms with Crippen LogP contribution in [-0.2, 0) is 12.8 Å². The van der Waals surface area contributed by atoms with E-state index in [-0.39, 0.29) is 12.1 Å². The Morgan fingerprint density at radius 2 is 2.28 bits per heavy atom. The molecule has 1 saturated heterocycles. The molecule has 5 nitrogen and oxygen atoms in total. The van der Waals surface area contributed by atoms with E-state index in [1.807, 2.05) is 0 Å². The van der Waals surface area contributed by atoms with Crippen LogP contribution in [0, 0.1) is 0 Å². The van der Waals surface area contributed by atoms with Crippen LogP contribution in [0.3, 0.4) is 0 Å². The highest BCUT2D eigenvalue weighted by Gasteiger charge is 2.25. The number of aliphatic hydroxyl groups excluding tert-OH is 1. The fourth-order valence-corrected chi connectivity index (χ4v) is 3.54. The second-order valence-electron chi connectivity index (χ2n) is 4.91. The lowest BCUT2D eigenvalue weighted by Crippen LogP contribution is -2.33. The van der Waals surface area contributed by atoms with Gasteiger partial charge < -0.3 is 10.0 Å². The van der Waals surface area contributed by atoms with Crippen molar-refractivity contribution in [3.05, 3.63) is 10.6 Å². The number of fused-ring (bicyclic) bond motifs is 1. The molecule has 1 fully saturated rings. The summed E-state index contributed by atoms with van der Waals surface area (Å²) in [6, 6.07) is -0.141. The number of hydrogen-bond donors (Lipinski definition) is 2. The molecule has 0 saturated carbocycles. The molecule has 2 heterocycles. The van der Waals surface area contributed by atoms with E-state index in [0.717, 1.165) is 18.5 Å². The van der Waals surface area contributed by atoms with E-state index in [0.29, 0.717) is 24.6 Å². The number of hydrogen-bond acceptors (Lipinski definition) is 4. The van der Waals surface area contributed by atoms with Gasteiger partial charge in [-0.05, 0) is 32.1 Å². The average molecular weight is 267 g/mol. The summed E-state index contributed by atoms with van der Waals surface area (Å²) in [5.74, 6) is 0. The Kier molecular flexibility index (Phi) is 3.22. The van der Waals surface area contributed by atoms with Crippen LogP contribution in [0.1, 0.15) is 29.8 Å². The molecule has 0 radical (unpaired) electrons. The highest BCUT2D eigenvalue weighted by molar-refractivity contribution is 7.15. The lowest BCUT2D eigenvalue weighted by atomic mass is 10.0. The summed E-state index contributed by atoms with van der Waals surface area (Å²) in [4.78, 5) is 19.4. The van der Waals surface area contributed by atoms with Gasteiger partial charge in [0.2, 0.25) is 0 Å². The zero-order chi connectivity index (χ0) is 12.5. The van der Waals surface area contributed by atoms with Crippen molar-refractivity contribution in [1.29, 1.82) is 0 Å². The molecule has 98 valence electrons. The Morgan fingerprint density at radius 1 is 1.44 bits per heavy atom. The lowest BCUT2D eigenvalue weighted by molar-refractivity contribution is 0.176. The SMILES string of the molecule is O=C(Nc1nc2c(s1)CCCC2)N1CCC(O)C1. The van der Waals surface area contributed by atoms with E-state index in [4.69, 9.17) is 0 Å². The maximum atomic E-state index is 11.9. The first-order chi connectivity index (χ1) is 8.72. The van der Waals surface area contributed by atoms with Gasteiger partial charge in [0.15, 0.2) is 5.13 Å². The number of urea groups is 1. The first-order valence-corrected chi connectivity index (χ1v) is 7.26. The van der Waals surface area contributed by atoms with Crippen molar-refractivity contribution in [2.45, 2.75) is 38.2 Å². The van der Waals surface area contributed by atoms with E-state index >= 15 is 0 Å². The fraction of sp³-hybridized carbons (Fsp3) is 0.667. The molecule has 1 aliphatic carbocycles. The molecular weight excluding hydrogens is 250 g/mol. The minimum atomic E-state index is -0.375. The van der Waals surface area contributed by atoms with Gasteiger partial charge in [0, 0.05) is 18.0 Å². The first kappa shape index (κ1) is 11.9. The number of carbonyl (C=O) groups is 1. The highest BCUT2D eigenvalue weighted by atomic mass is 32.1. The van der Waals surface area contributed by atoms with Gasteiger partial charge in [-0.15, -0.1) is 11.3 Å². The minimum absolute atomic E-state index is 0.141. The van der Waals surface area contributed by atoms with Crippen molar-refractivity contribution >= 4 is 22.5 Å². The third kappa shape index (κ3) is 2.35. The molecule has 3 rings (SSSR count). The monoisotopic (exact) mass is 267 g/mol. The highest BCUT2D eigenvalue weighted by Crippen LogP contribution is 2.29. The summed E-state index contributed by atoms with van der Waals surface area (Å²) in [5.41, 5.74) is 1.16. The van der Waals surface area contributed by atoms with Gasteiger partial charge in [-0.25, -0.2) is 9.78 Å². The molecule has 0 spiro atoms. The van der Waals surface area contributed by atoms with Crippen LogP contribution in [0.15, 0.2) is 0 Å². The summed E-state index contributed by atoms with van der Waals surface area (Å²) in [5, 5.41) is 13.0. The number of carbonyl (C=O) groups excluding carboxylic acids is 1. The molecule has 0 bridgehead atoms. The minimum Gasteiger partial charge on any atom is -0.391 e. The number of nitrogens with one attached hydrogen (secondary N) is 1. The van der Waals surface area contributed by atoms with Gasteiger partial charge in [0.25, 0.3) is 0 Å². The van der Waals surface area contributed by atoms with Crippen LogP contribution in [0.4, 0.5) is 9.93 Å². The first-order valence-electron chi connectivity index (χ1n) is 6.45. The number of thiazole rings is 1. The predicted octanol–water partition coefficient (Wildman–Crippen LogP) is 1.62. The maximum absolute atomic E-state index is 11.9. The molecule has 2 amide bonds. The number of aromatic nitrogens is 1. The number of aliphatic hydroxyl groups is 1. The normalized spacial score (nSPS) is 22.9. The Labute approximate surface area is 110 Å². The third-order valence-corrected chi connectivity index (χ3v) is 4.58. The fourth-order valence-electron chi connectivity index (χ4n) is 2.50. The van der Waals surface area contributed by atoms with Crippen molar-refractivity contribution in [3.8, 4) is 0 Å². The Morgan fingerprint density at radius 3 is 3.00 bits per heavy atom. The molecular formula is C12H17N3O2S. The van der Waals surface area contributed by atoms with Crippen molar-refractivity contribution in [3.63, 3.8) is 0 Å². The van der Waals surface area contributed by atoms with E-state index in [1.165, 1.54) is 17.7 Å². The van der Waals surface area contributed by atoms with Crippen molar-refractivity contribution < 1.29 is 9.90 Å². The summed E-state index contributed by atoms with van der Waals surface area (Å²) in [6.07, 6.45) is 4.83. The van der Waals surface area contributed by atoms with Gasteiger partial charge in [0.05, 0.1) is 11.8 Å². The molecule has 1 aromatic rings. The molecule has 6 heteroatoms. The van der Waals surface area contributed by atoms with Crippen molar-refractivity contribution in [2.24, 2.45) is 0 Å². The van der Waals surface area contributed by atoms with Gasteiger partial charge >= 0.3 is 6.03 Å². The van der Waals surface area contributed by atoms with Crippen molar-refractivity contribution in [1.82, 2.24) is 9.88 Å². The smallest absolute Gasteiger partial charge is 0.323 e. The van der Waals surface area contributed by atoms with Crippen LogP contribution < -0.4 is 5.32 Å². The number of aryl methyl sites for hydroxylation is 2. The molecule has 1 aliphatic heterocycles. The Hall–Kier alpha value is -1.14. The van der Waals surface area contributed by atoms with Crippen LogP contribution in [0.2, 0.25) is 0 Å². The Balaban J connectivity index is 1.65. The predicted molar refractivity (Wildman–Crippen MR) is 70.0 cm³/mol. The van der Waals surface area contributed by atoms with E-state index in [2.05, 4.69) is 10.3 Å². The number of rotatable bonds is 1. The summed E-state index contributed by atoms with van der Waals surface area (Å²) < 4.78 is 0. The summed E-state index contributed by atoms with van der Waals surface area (Å²) >= 11 is 1.59. The van der Waals surface area contributed by atoms with Crippen LogP contribution in [0.5, 0.6) is 0 Å². The molecule has 1 unspecified atom stereocenters. The number of amides is 2. The van der Waals surface area contributed by atoms with Gasteiger partial charge in [0.1, 0.15) is 0 Å². The summed E-state index contributed by atoms with van der Waals surface area (Å²) in [6.45, 7) is 1.05.